The van der Waals surface area contributed by atoms with Gasteiger partial charge >= 0.3 is 0 Å². The summed E-state index contributed by atoms with van der Waals surface area (Å²) in [6.07, 6.45) is 3.82. The lowest BCUT2D eigenvalue weighted by Crippen LogP contribution is -2.33. The zero-order valence-electron chi connectivity index (χ0n) is 21.6. The van der Waals surface area contributed by atoms with E-state index in [0.29, 0.717) is 31.5 Å². The summed E-state index contributed by atoms with van der Waals surface area (Å²) in [7, 11) is 0. The number of aliphatic hydroxyl groups excluding tert-OH is 1. The summed E-state index contributed by atoms with van der Waals surface area (Å²) < 4.78 is 0. The predicted octanol–water partition coefficient (Wildman–Crippen LogP) is 4.90. The molecule has 0 bridgehead atoms. The summed E-state index contributed by atoms with van der Waals surface area (Å²) in [5.41, 5.74) is 6.66. The summed E-state index contributed by atoms with van der Waals surface area (Å²) >= 11 is 0. The molecule has 0 saturated heterocycles. The van der Waals surface area contributed by atoms with Crippen molar-refractivity contribution in [2.24, 2.45) is 0 Å². The quantitative estimate of drug-likeness (QED) is 0.356. The largest absolute Gasteiger partial charge is 0.392 e. The van der Waals surface area contributed by atoms with Gasteiger partial charge in [-0.05, 0) is 71.9 Å². The van der Waals surface area contributed by atoms with E-state index in [1.807, 2.05) is 41.3 Å². The minimum atomic E-state index is -0.328. The zero-order chi connectivity index (χ0) is 26.9. The molecule has 0 atom stereocenters. The van der Waals surface area contributed by atoms with Gasteiger partial charge in [-0.2, -0.15) is 0 Å². The Labute approximate surface area is 223 Å². The van der Waals surface area contributed by atoms with Crippen molar-refractivity contribution in [1.82, 2.24) is 5.32 Å². The Morgan fingerprint density at radius 3 is 2.37 bits per heavy atom. The van der Waals surface area contributed by atoms with Crippen molar-refractivity contribution in [3.63, 3.8) is 0 Å². The number of unbranched alkanes of at least 4 members (excludes halogenated alkanes) is 1. The van der Waals surface area contributed by atoms with E-state index < -0.39 is 0 Å². The maximum atomic E-state index is 13.3. The third-order valence-corrected chi connectivity index (χ3v) is 6.58. The van der Waals surface area contributed by atoms with Crippen molar-refractivity contribution in [3.05, 3.63) is 95.1 Å². The smallest absolute Gasteiger partial charge is 0.243 e. The van der Waals surface area contributed by atoms with Crippen LogP contribution in [0.4, 0.5) is 11.4 Å². The number of carbonyl (C=O) groups is 3. The third-order valence-electron chi connectivity index (χ3n) is 6.58. The number of rotatable bonds is 9. The lowest BCUT2D eigenvalue weighted by molar-refractivity contribution is -0.124. The Morgan fingerprint density at radius 1 is 0.868 bits per heavy atom. The number of carbonyl (C=O) groups excluding carboxylic acids is 3. The fourth-order valence-electron chi connectivity index (χ4n) is 4.55. The van der Waals surface area contributed by atoms with Crippen molar-refractivity contribution in [1.29, 1.82) is 0 Å². The van der Waals surface area contributed by atoms with Gasteiger partial charge in [0.1, 0.15) is 0 Å². The fraction of sp³-hybridized carbons (Fsp3) is 0.258. The van der Waals surface area contributed by atoms with Crippen LogP contribution >= 0.6 is 0 Å². The monoisotopic (exact) mass is 511 g/mol. The van der Waals surface area contributed by atoms with Gasteiger partial charge in [0.05, 0.1) is 25.4 Å². The molecule has 0 aliphatic carbocycles. The minimum absolute atomic E-state index is 0.0206. The molecule has 0 aromatic heterocycles. The molecule has 0 saturated carbocycles. The number of nitrogens with zero attached hydrogens (tertiary/aromatic N) is 1. The standard InChI is InChI=1S/C31H33N3O4/c1-22-18-24-8-3-5-11-28(24)34(20-25-9-2-4-10-27(22)25)31(38)13-7-6-12-29(36)32-19-30(37)33-26-16-14-23(21-35)15-17-26/h2-5,8-11,14-18,35H,6-7,12-13,19-21H2,1H3,(H,32,36)(H,33,37)/b22-18-. The van der Waals surface area contributed by atoms with E-state index in [-0.39, 0.29) is 37.3 Å². The number of aliphatic hydroxyl groups is 1. The zero-order valence-corrected chi connectivity index (χ0v) is 21.6. The summed E-state index contributed by atoms with van der Waals surface area (Å²) in [5, 5.41) is 14.4. The van der Waals surface area contributed by atoms with E-state index in [0.717, 1.165) is 27.9 Å². The van der Waals surface area contributed by atoms with Crippen molar-refractivity contribution >= 4 is 40.7 Å². The molecule has 0 unspecified atom stereocenters. The SMILES string of the molecule is C/C1=C/c2ccccc2N(C(=O)CCCCC(=O)NCC(=O)Nc2ccc(CO)cc2)Cc2ccccc21. The van der Waals surface area contributed by atoms with Gasteiger partial charge in [-0.15, -0.1) is 0 Å². The second-order valence-electron chi connectivity index (χ2n) is 9.41. The normalized spacial score (nSPS) is 13.7. The average Bonchev–Trinajstić information content (AvgIpc) is 2.93. The van der Waals surface area contributed by atoms with Crippen LogP contribution in [0.25, 0.3) is 11.6 Å². The molecule has 3 amide bonds. The van der Waals surface area contributed by atoms with Gasteiger partial charge in [-0.1, -0.05) is 54.6 Å². The first-order valence-electron chi connectivity index (χ1n) is 12.9. The van der Waals surface area contributed by atoms with Crippen LogP contribution in [0.5, 0.6) is 0 Å². The van der Waals surface area contributed by atoms with Gasteiger partial charge in [0.15, 0.2) is 0 Å². The lowest BCUT2D eigenvalue weighted by Gasteiger charge is -2.28. The highest BCUT2D eigenvalue weighted by molar-refractivity contribution is 5.98. The van der Waals surface area contributed by atoms with E-state index in [1.165, 1.54) is 5.57 Å². The van der Waals surface area contributed by atoms with Crippen molar-refractivity contribution in [2.45, 2.75) is 45.8 Å². The average molecular weight is 512 g/mol. The molecule has 0 fully saturated rings. The first kappa shape index (κ1) is 26.8. The molecule has 3 N–H and O–H groups in total. The molecule has 3 aromatic rings. The Kier molecular flexibility index (Phi) is 9.06. The topological polar surface area (TPSA) is 98.7 Å². The predicted molar refractivity (Wildman–Crippen MR) is 150 cm³/mol. The molecule has 196 valence electrons. The molecule has 3 aromatic carbocycles. The first-order chi connectivity index (χ1) is 18.4. The summed E-state index contributed by atoms with van der Waals surface area (Å²) in [6, 6.07) is 22.9. The Morgan fingerprint density at radius 2 is 1.58 bits per heavy atom. The number of allylic oxidation sites excluding steroid dienone is 1. The minimum Gasteiger partial charge on any atom is -0.392 e. The fourth-order valence-corrected chi connectivity index (χ4v) is 4.55. The Balaban J connectivity index is 1.26. The van der Waals surface area contributed by atoms with E-state index in [1.54, 1.807) is 24.3 Å². The summed E-state index contributed by atoms with van der Waals surface area (Å²) in [5.74, 6) is -0.535. The van der Waals surface area contributed by atoms with Gasteiger partial charge in [-0.3, -0.25) is 14.4 Å². The maximum Gasteiger partial charge on any atom is 0.243 e. The molecule has 7 nitrogen and oxygen atoms in total. The molecule has 1 aliphatic rings. The number of nitrogens with one attached hydrogen (secondary N) is 2. The van der Waals surface area contributed by atoms with Crippen molar-refractivity contribution in [2.75, 3.05) is 16.8 Å². The van der Waals surface area contributed by atoms with Crippen molar-refractivity contribution in [3.8, 4) is 0 Å². The molecule has 1 heterocycles. The van der Waals surface area contributed by atoms with Crippen LogP contribution in [0, 0.1) is 0 Å². The van der Waals surface area contributed by atoms with Crippen LogP contribution in [0.15, 0.2) is 72.8 Å². The highest BCUT2D eigenvalue weighted by Crippen LogP contribution is 2.32. The maximum absolute atomic E-state index is 13.3. The van der Waals surface area contributed by atoms with E-state index in [2.05, 4.69) is 35.8 Å². The molecule has 0 radical (unpaired) electrons. The number of para-hydroxylation sites is 1. The second-order valence-corrected chi connectivity index (χ2v) is 9.41. The number of hydrogen-bond donors (Lipinski definition) is 3. The third kappa shape index (κ3) is 6.95. The summed E-state index contributed by atoms with van der Waals surface area (Å²) in [6.45, 7) is 2.40. The molecular weight excluding hydrogens is 478 g/mol. The lowest BCUT2D eigenvalue weighted by atomic mass is 9.95. The van der Waals surface area contributed by atoms with Gasteiger partial charge < -0.3 is 20.6 Å². The second kappa shape index (κ2) is 12.8. The van der Waals surface area contributed by atoms with Crippen LogP contribution in [-0.2, 0) is 27.5 Å². The Hall–Kier alpha value is -4.23. The Bertz CT molecular complexity index is 1330. The number of fused-ring (bicyclic) bond motifs is 2. The number of anilines is 2. The van der Waals surface area contributed by atoms with E-state index >= 15 is 0 Å². The molecule has 7 heteroatoms. The van der Waals surface area contributed by atoms with Crippen LogP contribution in [-0.4, -0.2) is 29.4 Å². The van der Waals surface area contributed by atoms with Gasteiger partial charge in [0.25, 0.3) is 0 Å². The molecule has 38 heavy (non-hydrogen) atoms. The number of hydrogen-bond acceptors (Lipinski definition) is 4. The molecule has 4 rings (SSSR count). The highest BCUT2D eigenvalue weighted by atomic mass is 16.3. The van der Waals surface area contributed by atoms with Gasteiger partial charge in [-0.25, -0.2) is 0 Å². The van der Waals surface area contributed by atoms with Crippen molar-refractivity contribution < 1.29 is 19.5 Å². The number of benzene rings is 3. The van der Waals surface area contributed by atoms with E-state index in [4.69, 9.17) is 5.11 Å². The highest BCUT2D eigenvalue weighted by Gasteiger charge is 2.22. The van der Waals surface area contributed by atoms with Gasteiger partial charge in [0.2, 0.25) is 17.7 Å². The molecule has 1 aliphatic heterocycles. The molecular formula is C31H33N3O4. The van der Waals surface area contributed by atoms with Crippen LogP contribution in [0.1, 0.15) is 54.9 Å². The first-order valence-corrected chi connectivity index (χ1v) is 12.9. The summed E-state index contributed by atoms with van der Waals surface area (Å²) in [4.78, 5) is 39.5. The van der Waals surface area contributed by atoms with Crippen LogP contribution in [0.2, 0.25) is 0 Å². The number of amides is 3. The molecule has 0 spiro atoms. The van der Waals surface area contributed by atoms with Gasteiger partial charge in [0, 0.05) is 18.5 Å². The van der Waals surface area contributed by atoms with Crippen LogP contribution in [0.3, 0.4) is 0 Å². The van der Waals surface area contributed by atoms with E-state index in [9.17, 15) is 14.4 Å². The van der Waals surface area contributed by atoms with Crippen LogP contribution < -0.4 is 15.5 Å².